The van der Waals surface area contributed by atoms with Gasteiger partial charge in [0.2, 0.25) is 35.0 Å². The van der Waals surface area contributed by atoms with E-state index in [2.05, 4.69) is 15.0 Å². The van der Waals surface area contributed by atoms with Gasteiger partial charge in [-0.2, -0.15) is 0 Å². The Morgan fingerprint density at radius 1 is 0.367 bits per heavy atom. The topological polar surface area (TPSA) is 177 Å². The number of H-pyrrole nitrogens is 3. The van der Waals surface area contributed by atoms with Gasteiger partial charge in [0.05, 0.1) is 17.1 Å². The number of hydrogen-bond donors (Lipinski definition) is 3. The summed E-state index contributed by atoms with van der Waals surface area (Å²) in [5.74, 6) is -8.36. The van der Waals surface area contributed by atoms with Crippen LogP contribution in [0.5, 0.6) is 17.6 Å². The molecule has 0 amide bonds. The Balaban J connectivity index is 1.21. The smallest absolute Gasteiger partial charge is 0.338 e. The number of aromatic nitrogens is 3. The molecule has 0 atom stereocenters. The van der Waals surface area contributed by atoms with Crippen molar-refractivity contribution in [2.24, 2.45) is 5.92 Å². The lowest BCUT2D eigenvalue weighted by Gasteiger charge is -2.13. The Bertz CT molecular complexity index is 1920. The zero-order valence-electron chi connectivity index (χ0n) is 25.4. The second kappa shape index (κ2) is 14.1. The monoisotopic (exact) mass is 655 g/mol. The molecule has 3 N–H and O–H groups in total. The summed E-state index contributed by atoms with van der Waals surface area (Å²) in [6.45, 7) is 0. The lowest BCUT2D eigenvalue weighted by Crippen LogP contribution is -2.40. The maximum absolute atomic E-state index is 13.4. The van der Waals surface area contributed by atoms with Crippen LogP contribution in [-0.2, 0) is 14.4 Å². The molecule has 0 saturated carbocycles. The van der Waals surface area contributed by atoms with Gasteiger partial charge in [-0.25, -0.2) is 0 Å². The third kappa shape index (κ3) is 7.34. The maximum Gasteiger partial charge on any atom is 0.338 e. The van der Waals surface area contributed by atoms with E-state index in [-0.39, 0.29) is 34.7 Å². The number of aromatic amines is 3. The molecule has 0 aliphatic rings. The minimum Gasteiger partial charge on any atom is -0.408 e. The second-order valence-corrected chi connectivity index (χ2v) is 10.5. The Kier molecular flexibility index (Phi) is 9.20. The molecule has 0 aliphatic heterocycles. The van der Waals surface area contributed by atoms with Crippen LogP contribution in [0.25, 0.3) is 0 Å². The van der Waals surface area contributed by atoms with Crippen LogP contribution in [0.4, 0.5) is 0 Å². The highest BCUT2D eigenvalue weighted by molar-refractivity contribution is 6.14. The summed E-state index contributed by atoms with van der Waals surface area (Å²) in [4.78, 5) is 86.5. The van der Waals surface area contributed by atoms with Gasteiger partial charge in [-0.05, 0) is 18.2 Å². The molecule has 242 valence electrons. The third-order valence-corrected chi connectivity index (χ3v) is 7.16. The van der Waals surface area contributed by atoms with Crippen LogP contribution in [0.3, 0.4) is 0 Å². The van der Waals surface area contributed by atoms with E-state index in [0.29, 0.717) is 16.7 Å². The highest BCUT2D eigenvalue weighted by Gasteiger charge is 2.41. The normalized spacial score (nSPS) is 10.7. The minimum absolute atomic E-state index is 0.0831. The molecule has 12 nitrogen and oxygen atoms in total. The molecule has 0 fully saturated rings. The van der Waals surface area contributed by atoms with Crippen molar-refractivity contribution in [3.63, 3.8) is 0 Å². The zero-order valence-corrected chi connectivity index (χ0v) is 25.4. The van der Waals surface area contributed by atoms with Crippen molar-refractivity contribution >= 4 is 35.3 Å². The van der Waals surface area contributed by atoms with E-state index in [1.54, 1.807) is 91.0 Å². The summed E-state index contributed by atoms with van der Waals surface area (Å²) in [6, 6.07) is 33.0. The number of carbonyl (C=O) groups is 6. The van der Waals surface area contributed by atoms with Crippen molar-refractivity contribution in [3.8, 4) is 17.6 Å². The van der Waals surface area contributed by atoms with Crippen LogP contribution in [-0.4, -0.2) is 50.2 Å². The van der Waals surface area contributed by atoms with Crippen LogP contribution >= 0.6 is 0 Å². The number of ether oxygens (including phenoxy) is 3. The molecule has 49 heavy (non-hydrogen) atoms. The van der Waals surface area contributed by atoms with Crippen molar-refractivity contribution in [1.82, 2.24) is 15.0 Å². The number of esters is 3. The molecule has 0 saturated heterocycles. The number of hydrogen-bond acceptors (Lipinski definition) is 9. The average molecular weight is 656 g/mol. The van der Waals surface area contributed by atoms with Gasteiger partial charge in [-0.15, -0.1) is 0 Å². The molecule has 0 radical (unpaired) electrons. The van der Waals surface area contributed by atoms with Crippen molar-refractivity contribution in [3.05, 3.63) is 161 Å². The average Bonchev–Trinajstić information content (AvgIpc) is 3.91. The van der Waals surface area contributed by atoms with Gasteiger partial charge in [-0.1, -0.05) is 91.0 Å². The highest BCUT2D eigenvalue weighted by Crippen LogP contribution is 2.21. The highest BCUT2D eigenvalue weighted by atomic mass is 16.6. The van der Waals surface area contributed by atoms with Gasteiger partial charge in [0.25, 0.3) is 5.92 Å². The molecule has 3 aromatic heterocycles. The molecule has 0 aliphatic carbocycles. The largest absolute Gasteiger partial charge is 0.408 e. The Labute approximate surface area is 277 Å². The van der Waals surface area contributed by atoms with E-state index in [4.69, 9.17) is 14.2 Å². The van der Waals surface area contributed by atoms with Crippen LogP contribution in [0.15, 0.2) is 127 Å². The van der Waals surface area contributed by atoms with Gasteiger partial charge in [0, 0.05) is 34.9 Å². The fourth-order valence-corrected chi connectivity index (χ4v) is 4.73. The maximum atomic E-state index is 13.4. The van der Waals surface area contributed by atoms with E-state index in [0.717, 1.165) is 0 Å². The van der Waals surface area contributed by atoms with E-state index in [1.165, 1.54) is 36.4 Å². The molecule has 0 unspecified atom stereocenters. The number of carbonyl (C=O) groups excluding carboxylic acids is 6. The van der Waals surface area contributed by atoms with Crippen LogP contribution < -0.4 is 14.2 Å². The molecule has 6 aromatic rings. The predicted molar refractivity (Wildman–Crippen MR) is 172 cm³/mol. The van der Waals surface area contributed by atoms with Gasteiger partial charge < -0.3 is 29.2 Å². The van der Waals surface area contributed by atoms with E-state index >= 15 is 0 Å². The van der Waals surface area contributed by atoms with Gasteiger partial charge in [0.1, 0.15) is 0 Å². The summed E-state index contributed by atoms with van der Waals surface area (Å²) in [6.07, 6.45) is 0. The Morgan fingerprint density at radius 3 is 0.898 bits per heavy atom. The predicted octanol–water partition coefficient (Wildman–Crippen LogP) is 5.10. The van der Waals surface area contributed by atoms with E-state index < -0.39 is 41.2 Å². The summed E-state index contributed by atoms with van der Waals surface area (Å²) in [5, 5.41) is 0. The summed E-state index contributed by atoms with van der Waals surface area (Å²) < 4.78 is 15.9. The first-order chi connectivity index (χ1) is 23.8. The zero-order chi connectivity index (χ0) is 34.3. The fraction of sp³-hybridized carbons (Fsp3) is 0.0270. The first kappa shape index (κ1) is 31.9. The fourth-order valence-electron chi connectivity index (χ4n) is 4.73. The van der Waals surface area contributed by atoms with Gasteiger partial charge in [0.15, 0.2) is 0 Å². The number of ketones is 3. The Hall–Kier alpha value is -7.08. The molecule has 0 bridgehead atoms. The molecule has 0 spiro atoms. The summed E-state index contributed by atoms with van der Waals surface area (Å²) in [5.41, 5.74) is 1.37. The molecule has 6 rings (SSSR count). The number of benzene rings is 3. The number of nitrogens with one attached hydrogen (secondary N) is 3. The quantitative estimate of drug-likeness (QED) is 0.0920. The van der Waals surface area contributed by atoms with Gasteiger partial charge in [-0.3, -0.25) is 28.8 Å². The molecule has 3 heterocycles. The van der Waals surface area contributed by atoms with E-state index in [1.807, 2.05) is 0 Å². The van der Waals surface area contributed by atoms with E-state index in [9.17, 15) is 28.8 Å². The van der Waals surface area contributed by atoms with Gasteiger partial charge >= 0.3 is 17.9 Å². The lowest BCUT2D eigenvalue weighted by molar-refractivity contribution is -0.160. The first-order valence-corrected chi connectivity index (χ1v) is 14.8. The van der Waals surface area contributed by atoms with Crippen molar-refractivity contribution < 1.29 is 43.0 Å². The first-order valence-electron chi connectivity index (χ1n) is 14.8. The number of rotatable bonds is 12. The van der Waals surface area contributed by atoms with Crippen LogP contribution in [0, 0.1) is 5.92 Å². The summed E-state index contributed by atoms with van der Waals surface area (Å²) >= 11 is 0. The van der Waals surface area contributed by atoms with Crippen molar-refractivity contribution in [2.75, 3.05) is 0 Å². The molecule has 3 aromatic carbocycles. The SMILES string of the molecule is O=C(c1ccccc1)c1ccc(OC(=O)C(C(=O)Oc2ccc(C(=O)c3ccccc3)[nH]2)C(=O)Oc2ccc(C(=O)c3ccccc3)[nH]2)[nH]1. The molecular weight excluding hydrogens is 630 g/mol. The van der Waals surface area contributed by atoms with Crippen molar-refractivity contribution in [1.29, 1.82) is 0 Å². The standard InChI is InChI=1S/C37H25N3O9/c41-32(22-10-4-1-5-11-22)25-16-19-28(38-25)47-35(44)31(36(45)48-29-20-17-26(39-29)33(42)23-12-6-2-7-13-23)37(46)49-30-21-18-27(40-30)34(43)24-14-8-3-9-15-24/h1-21,31,38-40H. The summed E-state index contributed by atoms with van der Waals surface area (Å²) in [7, 11) is 0. The molecule has 12 heteroatoms. The van der Waals surface area contributed by atoms with Crippen LogP contribution in [0.1, 0.15) is 48.2 Å². The minimum atomic E-state index is -2.30. The van der Waals surface area contributed by atoms with Crippen LogP contribution in [0.2, 0.25) is 0 Å². The van der Waals surface area contributed by atoms with Crippen molar-refractivity contribution in [2.45, 2.75) is 0 Å². The Morgan fingerprint density at radius 2 is 0.633 bits per heavy atom. The molecular formula is C37H25N3O9. The lowest BCUT2D eigenvalue weighted by atomic mass is 10.1. The third-order valence-electron chi connectivity index (χ3n) is 7.16. The second-order valence-electron chi connectivity index (χ2n) is 10.5.